The van der Waals surface area contributed by atoms with Crippen LogP contribution >= 0.6 is 22.6 Å². The maximum Gasteiger partial charge on any atom is 0.501 e. The molecule has 1 aliphatic heterocycles. The molecular formula is C14H13BF13IO2. The molecule has 1 heterocycles. The number of allylic oxidation sites excluding steroid dienone is 1. The van der Waals surface area contributed by atoms with Gasteiger partial charge in [0.2, 0.25) is 0 Å². The Kier molecular flexibility index (Phi) is 6.94. The highest BCUT2D eigenvalue weighted by molar-refractivity contribution is 14.1. The number of halogens is 14. The van der Waals surface area contributed by atoms with E-state index in [1.165, 1.54) is 27.7 Å². The summed E-state index contributed by atoms with van der Waals surface area (Å²) in [6, 6.07) is 0. The molecule has 0 N–H and O–H groups in total. The number of hydrogen-bond donors (Lipinski definition) is 0. The minimum Gasteiger partial charge on any atom is -0.399 e. The third-order valence-corrected chi connectivity index (χ3v) is 5.58. The first kappa shape index (κ1) is 28.6. The Morgan fingerprint density at radius 3 is 1.29 bits per heavy atom. The molecule has 31 heavy (non-hydrogen) atoms. The second kappa shape index (κ2) is 7.53. The molecule has 0 unspecified atom stereocenters. The van der Waals surface area contributed by atoms with E-state index in [0.29, 0.717) is 0 Å². The van der Waals surface area contributed by atoms with Crippen LogP contribution in [-0.4, -0.2) is 54.1 Å². The normalized spacial score (nSPS) is 21.6. The largest absolute Gasteiger partial charge is 0.501 e. The Labute approximate surface area is 180 Å². The zero-order chi connectivity index (χ0) is 25.3. The third-order valence-electron chi connectivity index (χ3n) is 4.76. The first-order valence-corrected chi connectivity index (χ1v) is 8.97. The summed E-state index contributed by atoms with van der Waals surface area (Å²) in [5.74, 6) is -37.3. The lowest BCUT2D eigenvalue weighted by Crippen LogP contribution is -2.69. The molecule has 0 amide bonds. The maximum absolute atomic E-state index is 13.9. The van der Waals surface area contributed by atoms with Gasteiger partial charge < -0.3 is 9.31 Å². The van der Waals surface area contributed by atoms with E-state index >= 15 is 0 Å². The van der Waals surface area contributed by atoms with Crippen molar-refractivity contribution in [1.29, 1.82) is 0 Å². The minimum atomic E-state index is -7.94. The van der Waals surface area contributed by atoms with Crippen LogP contribution in [0, 0.1) is 0 Å². The highest BCUT2D eigenvalue weighted by Gasteiger charge is 2.90. The van der Waals surface area contributed by atoms with Crippen molar-refractivity contribution < 1.29 is 66.4 Å². The molecule has 0 radical (unpaired) electrons. The molecule has 1 rings (SSSR count). The maximum atomic E-state index is 13.9. The van der Waals surface area contributed by atoms with Gasteiger partial charge in [-0.15, -0.1) is 0 Å². The van der Waals surface area contributed by atoms with Crippen LogP contribution in [0.15, 0.2) is 9.56 Å². The van der Waals surface area contributed by atoms with Crippen molar-refractivity contribution in [3.63, 3.8) is 0 Å². The van der Waals surface area contributed by atoms with Gasteiger partial charge in [-0.1, -0.05) is 22.6 Å². The van der Waals surface area contributed by atoms with Crippen LogP contribution < -0.4 is 0 Å². The van der Waals surface area contributed by atoms with Crippen molar-refractivity contribution in [3.05, 3.63) is 9.56 Å². The lowest BCUT2D eigenvalue weighted by molar-refractivity contribution is -0.436. The fraction of sp³-hybridized carbons (Fsp3) is 0.857. The second-order valence-electron chi connectivity index (χ2n) is 7.54. The summed E-state index contributed by atoms with van der Waals surface area (Å²) in [6.07, 6.45) is -8.47. The van der Waals surface area contributed by atoms with Gasteiger partial charge >= 0.3 is 42.9 Å². The Morgan fingerprint density at radius 2 is 0.968 bits per heavy atom. The van der Waals surface area contributed by atoms with Gasteiger partial charge in [-0.25, -0.2) is 0 Å². The van der Waals surface area contributed by atoms with Gasteiger partial charge in [0.05, 0.1) is 11.2 Å². The monoisotopic (exact) mass is 598 g/mol. The van der Waals surface area contributed by atoms with Crippen LogP contribution in [0.2, 0.25) is 0 Å². The van der Waals surface area contributed by atoms with Crippen molar-refractivity contribution in [1.82, 2.24) is 0 Å². The summed E-state index contributed by atoms with van der Waals surface area (Å²) < 4.78 is 180. The Morgan fingerprint density at radius 1 is 0.645 bits per heavy atom. The van der Waals surface area contributed by atoms with Crippen molar-refractivity contribution >= 4 is 29.7 Å². The van der Waals surface area contributed by atoms with Gasteiger partial charge in [0.15, 0.2) is 0 Å². The van der Waals surface area contributed by atoms with Crippen LogP contribution in [0.5, 0.6) is 0 Å². The van der Waals surface area contributed by atoms with E-state index in [0.717, 1.165) is 22.6 Å². The van der Waals surface area contributed by atoms with Crippen LogP contribution in [-0.2, 0) is 9.31 Å². The van der Waals surface area contributed by atoms with E-state index in [4.69, 9.17) is 9.31 Å². The van der Waals surface area contributed by atoms with Crippen molar-refractivity contribution in [3.8, 4) is 0 Å². The average Bonchev–Trinajstić information content (AvgIpc) is 2.73. The lowest BCUT2D eigenvalue weighted by atomic mass is 9.87. The zero-order valence-electron chi connectivity index (χ0n) is 15.8. The molecule has 0 aromatic rings. The Bertz CT molecular complexity index is 714. The van der Waals surface area contributed by atoms with Gasteiger partial charge in [-0.2, -0.15) is 57.1 Å². The first-order chi connectivity index (χ1) is 13.2. The average molecular weight is 598 g/mol. The van der Waals surface area contributed by atoms with E-state index in [-0.39, 0.29) is 0 Å². The predicted molar refractivity (Wildman–Crippen MR) is 89.0 cm³/mol. The molecule has 0 aromatic carbocycles. The van der Waals surface area contributed by atoms with E-state index in [1.807, 2.05) is 0 Å². The molecule has 0 spiro atoms. The van der Waals surface area contributed by atoms with Crippen LogP contribution in [0.3, 0.4) is 0 Å². The minimum absolute atomic E-state index is 0.858. The molecule has 2 nitrogen and oxygen atoms in total. The molecule has 0 aliphatic carbocycles. The summed E-state index contributed by atoms with van der Waals surface area (Å²) in [6.45, 7) is 5.49. The number of hydrogen-bond acceptors (Lipinski definition) is 2. The third kappa shape index (κ3) is 4.26. The number of rotatable bonds is 6. The standard InChI is InChI=1S/C14H13BF13IO2/c1-7(2)8(3,4)31-15(30-7)6(29)5-9(16,17)10(18,19)11(20,21)12(22,23)13(24,25)14(26,27)28/h5H,1-4H3/b6-5+. The molecule has 0 bridgehead atoms. The molecule has 0 aromatic heterocycles. The van der Waals surface area contributed by atoms with Crippen molar-refractivity contribution in [2.75, 3.05) is 0 Å². The first-order valence-electron chi connectivity index (χ1n) is 7.89. The van der Waals surface area contributed by atoms with Crippen LogP contribution in [0.25, 0.3) is 0 Å². The van der Waals surface area contributed by atoms with Gasteiger partial charge in [-0.05, 0) is 33.8 Å². The molecular weight excluding hydrogens is 585 g/mol. The zero-order valence-corrected chi connectivity index (χ0v) is 17.9. The Hall–Kier alpha value is -0.455. The SMILES string of the molecule is CC1(C)OB(/C(I)=C\C(F)(F)C(F)(F)C(F)(F)C(F)(F)C(F)(F)C(F)(F)F)OC1(C)C. The lowest BCUT2D eigenvalue weighted by Gasteiger charge is -2.39. The molecule has 1 aliphatic rings. The summed E-state index contributed by atoms with van der Waals surface area (Å²) in [5.41, 5.74) is -2.49. The van der Waals surface area contributed by atoms with E-state index < -0.39 is 63.7 Å². The van der Waals surface area contributed by atoms with Crippen LogP contribution in [0.1, 0.15) is 27.7 Å². The van der Waals surface area contributed by atoms with Crippen molar-refractivity contribution in [2.45, 2.75) is 74.7 Å². The number of alkyl halides is 13. The fourth-order valence-corrected chi connectivity index (χ4v) is 2.71. The molecule has 0 atom stereocenters. The molecule has 1 fully saturated rings. The molecule has 182 valence electrons. The highest BCUT2D eigenvalue weighted by atomic mass is 127. The van der Waals surface area contributed by atoms with Crippen LogP contribution in [0.4, 0.5) is 57.1 Å². The van der Waals surface area contributed by atoms with Gasteiger partial charge in [0.1, 0.15) is 0 Å². The Balaban J connectivity index is 3.42. The van der Waals surface area contributed by atoms with Gasteiger partial charge in [0, 0.05) is 3.48 Å². The molecule has 1 saturated heterocycles. The second-order valence-corrected chi connectivity index (χ2v) is 8.78. The quantitative estimate of drug-likeness (QED) is 0.193. The molecule has 17 heteroatoms. The summed E-state index contributed by atoms with van der Waals surface area (Å²) in [5, 5.41) is 0. The summed E-state index contributed by atoms with van der Waals surface area (Å²) in [4.78, 5) is 0. The highest BCUT2D eigenvalue weighted by Crippen LogP contribution is 2.60. The van der Waals surface area contributed by atoms with E-state index in [2.05, 4.69) is 0 Å². The topological polar surface area (TPSA) is 18.5 Å². The summed E-state index contributed by atoms with van der Waals surface area (Å²) >= 11 is 0.858. The van der Waals surface area contributed by atoms with Gasteiger partial charge in [0.25, 0.3) is 0 Å². The summed E-state index contributed by atoms with van der Waals surface area (Å²) in [7, 11) is -1.88. The molecule has 0 saturated carbocycles. The van der Waals surface area contributed by atoms with Crippen molar-refractivity contribution in [2.24, 2.45) is 0 Å². The fourth-order valence-electron chi connectivity index (χ4n) is 2.07. The van der Waals surface area contributed by atoms with E-state index in [9.17, 15) is 57.1 Å². The smallest absolute Gasteiger partial charge is 0.399 e. The van der Waals surface area contributed by atoms with E-state index in [1.54, 1.807) is 0 Å². The van der Waals surface area contributed by atoms with Gasteiger partial charge in [-0.3, -0.25) is 0 Å². The predicted octanol–water partition coefficient (Wildman–Crippen LogP) is 6.68.